The fourth-order valence-corrected chi connectivity index (χ4v) is 3.65. The molecule has 4 rings (SSSR count). The minimum Gasteiger partial charge on any atom is -0.289 e. The van der Waals surface area contributed by atoms with Crippen molar-refractivity contribution in [3.05, 3.63) is 76.1 Å². The number of hydrogen-bond acceptors (Lipinski definition) is 4. The van der Waals surface area contributed by atoms with Gasteiger partial charge in [0.15, 0.2) is 5.82 Å². The largest absolute Gasteiger partial charge is 0.289 e. The Bertz CT molecular complexity index is 1200. The molecule has 0 bridgehead atoms. The van der Waals surface area contributed by atoms with Crippen LogP contribution in [0.15, 0.2) is 53.3 Å². The highest BCUT2D eigenvalue weighted by molar-refractivity contribution is 5.80. The first-order valence-corrected chi connectivity index (χ1v) is 9.32. The van der Waals surface area contributed by atoms with Crippen molar-refractivity contribution in [3.63, 3.8) is 0 Å². The van der Waals surface area contributed by atoms with Crippen molar-refractivity contribution >= 4 is 16.7 Å². The van der Waals surface area contributed by atoms with Gasteiger partial charge in [-0.1, -0.05) is 31.2 Å². The zero-order valence-corrected chi connectivity index (χ0v) is 16.1. The third-order valence-electron chi connectivity index (χ3n) is 5.34. The molecule has 1 unspecified atom stereocenters. The molecule has 0 aliphatic rings. The van der Waals surface area contributed by atoms with Gasteiger partial charge in [0.2, 0.25) is 5.78 Å². The number of hydrogen-bond donors (Lipinski definition) is 0. The van der Waals surface area contributed by atoms with Crippen molar-refractivity contribution in [1.82, 2.24) is 24.1 Å². The second-order valence-electron chi connectivity index (χ2n) is 6.92. The Morgan fingerprint density at radius 3 is 2.54 bits per heavy atom. The first-order valence-electron chi connectivity index (χ1n) is 9.32. The zero-order valence-electron chi connectivity index (χ0n) is 16.1. The van der Waals surface area contributed by atoms with Crippen molar-refractivity contribution < 1.29 is 4.39 Å². The van der Waals surface area contributed by atoms with Gasteiger partial charge in [-0.15, -0.1) is 10.2 Å². The van der Waals surface area contributed by atoms with Crippen LogP contribution in [0.25, 0.3) is 16.7 Å². The number of rotatable bonds is 5. The molecule has 6 nitrogen and oxygen atoms in total. The molecule has 2 aromatic carbocycles. The predicted molar refractivity (Wildman–Crippen MR) is 107 cm³/mol. The van der Waals surface area contributed by atoms with Crippen molar-refractivity contribution in [2.75, 3.05) is 6.54 Å². The lowest BCUT2D eigenvalue weighted by Gasteiger charge is -2.27. The van der Waals surface area contributed by atoms with E-state index in [0.717, 1.165) is 23.4 Å². The molecule has 0 saturated heterocycles. The van der Waals surface area contributed by atoms with Gasteiger partial charge in [0, 0.05) is 13.1 Å². The maximum absolute atomic E-state index is 13.3. The monoisotopic (exact) mass is 379 g/mol. The van der Waals surface area contributed by atoms with Gasteiger partial charge in [-0.05, 0) is 43.3 Å². The molecule has 2 aromatic heterocycles. The lowest BCUT2D eigenvalue weighted by atomic mass is 10.1. The van der Waals surface area contributed by atoms with E-state index in [-0.39, 0.29) is 17.4 Å². The molecule has 0 spiro atoms. The third-order valence-corrected chi connectivity index (χ3v) is 5.34. The van der Waals surface area contributed by atoms with Crippen molar-refractivity contribution in [2.24, 2.45) is 7.05 Å². The van der Waals surface area contributed by atoms with Crippen LogP contribution in [0.3, 0.4) is 0 Å². The molecule has 0 aliphatic heterocycles. The zero-order chi connectivity index (χ0) is 19.8. The fraction of sp³-hybridized carbons (Fsp3) is 0.286. The van der Waals surface area contributed by atoms with E-state index in [1.807, 2.05) is 40.8 Å². The maximum atomic E-state index is 13.3. The van der Waals surface area contributed by atoms with Gasteiger partial charge in [-0.2, -0.15) is 0 Å². The molecule has 0 radical (unpaired) electrons. The van der Waals surface area contributed by atoms with Gasteiger partial charge < -0.3 is 0 Å². The molecule has 0 aliphatic carbocycles. The van der Waals surface area contributed by atoms with Gasteiger partial charge in [-0.25, -0.2) is 4.39 Å². The Kier molecular flexibility index (Phi) is 4.68. The minimum absolute atomic E-state index is 0.0803. The molecule has 0 N–H and O–H groups in total. The highest BCUT2D eigenvalue weighted by Gasteiger charge is 2.20. The summed E-state index contributed by atoms with van der Waals surface area (Å²) in [7, 11) is 1.71. The molecule has 4 aromatic rings. The summed E-state index contributed by atoms with van der Waals surface area (Å²) in [5.41, 5.74) is 1.74. The Morgan fingerprint density at radius 2 is 1.82 bits per heavy atom. The van der Waals surface area contributed by atoms with E-state index >= 15 is 0 Å². The Hall–Kier alpha value is -3.06. The summed E-state index contributed by atoms with van der Waals surface area (Å²) in [6.45, 7) is 5.51. The highest BCUT2D eigenvalue weighted by atomic mass is 19.1. The van der Waals surface area contributed by atoms with Crippen LogP contribution in [-0.2, 0) is 13.6 Å². The van der Waals surface area contributed by atoms with Crippen LogP contribution < -0.4 is 5.56 Å². The maximum Gasteiger partial charge on any atom is 0.262 e. The number of nitrogens with zero attached hydrogens (tertiary/aromatic N) is 5. The number of fused-ring (bicyclic) bond motifs is 3. The summed E-state index contributed by atoms with van der Waals surface area (Å²) >= 11 is 0. The van der Waals surface area contributed by atoms with E-state index in [1.165, 1.54) is 16.7 Å². The molecule has 144 valence electrons. The molecule has 1 atom stereocenters. The van der Waals surface area contributed by atoms with Crippen LogP contribution in [0.2, 0.25) is 0 Å². The Balaban J connectivity index is 1.78. The van der Waals surface area contributed by atoms with E-state index in [9.17, 15) is 9.18 Å². The number of para-hydroxylation sites is 1. The number of halogens is 1. The molecule has 2 heterocycles. The summed E-state index contributed by atoms with van der Waals surface area (Å²) in [4.78, 5) is 14.8. The first-order chi connectivity index (χ1) is 13.5. The summed E-state index contributed by atoms with van der Waals surface area (Å²) < 4.78 is 16.7. The predicted octanol–water partition coefficient (Wildman–Crippen LogP) is 3.30. The first kappa shape index (κ1) is 18.3. The van der Waals surface area contributed by atoms with E-state index in [0.29, 0.717) is 17.7 Å². The fourth-order valence-electron chi connectivity index (χ4n) is 3.65. The molecule has 28 heavy (non-hydrogen) atoms. The molecular formula is C21H22FN5O. The Labute approximate surface area is 161 Å². The van der Waals surface area contributed by atoms with E-state index in [2.05, 4.69) is 28.9 Å². The van der Waals surface area contributed by atoms with Crippen LogP contribution in [0, 0.1) is 5.82 Å². The normalized spacial score (nSPS) is 12.9. The molecule has 0 amide bonds. The van der Waals surface area contributed by atoms with Gasteiger partial charge in [0.05, 0.1) is 17.4 Å². The van der Waals surface area contributed by atoms with Crippen LogP contribution in [-0.4, -0.2) is 30.6 Å². The SMILES string of the molecule is CCN(Cc1nnc2n(C)c(=O)c3ccccc3n12)C(C)c1ccc(F)cc1. The van der Waals surface area contributed by atoms with Crippen LogP contribution in [0.4, 0.5) is 4.39 Å². The number of benzene rings is 2. The van der Waals surface area contributed by atoms with Gasteiger partial charge in [-0.3, -0.25) is 18.7 Å². The second-order valence-corrected chi connectivity index (χ2v) is 6.92. The second kappa shape index (κ2) is 7.16. The highest BCUT2D eigenvalue weighted by Crippen LogP contribution is 2.23. The minimum atomic E-state index is -0.241. The van der Waals surface area contributed by atoms with Gasteiger partial charge in [0.25, 0.3) is 5.56 Å². The number of aromatic nitrogens is 4. The molecule has 0 fully saturated rings. The van der Waals surface area contributed by atoms with E-state index < -0.39 is 0 Å². The molecular weight excluding hydrogens is 357 g/mol. The Morgan fingerprint density at radius 1 is 1.11 bits per heavy atom. The topological polar surface area (TPSA) is 55.4 Å². The average Bonchev–Trinajstić information content (AvgIpc) is 3.14. The molecule has 7 heteroatoms. The summed E-state index contributed by atoms with van der Waals surface area (Å²) in [6, 6.07) is 14.2. The lowest BCUT2D eigenvalue weighted by Crippen LogP contribution is -2.28. The number of aryl methyl sites for hydroxylation is 1. The third kappa shape index (κ3) is 2.97. The summed E-state index contributed by atoms with van der Waals surface area (Å²) in [5.74, 6) is 1.04. The van der Waals surface area contributed by atoms with Crippen molar-refractivity contribution in [2.45, 2.75) is 26.4 Å². The van der Waals surface area contributed by atoms with Gasteiger partial charge >= 0.3 is 0 Å². The van der Waals surface area contributed by atoms with E-state index in [4.69, 9.17) is 0 Å². The lowest BCUT2D eigenvalue weighted by molar-refractivity contribution is 0.207. The smallest absolute Gasteiger partial charge is 0.262 e. The standard InChI is InChI=1S/C21H22FN5O/c1-4-26(14(2)15-9-11-16(22)12-10-15)13-19-23-24-21-25(3)20(28)17-7-5-6-8-18(17)27(19)21/h5-12,14H,4,13H2,1-3H3. The van der Waals surface area contributed by atoms with Gasteiger partial charge in [0.1, 0.15) is 5.82 Å². The van der Waals surface area contributed by atoms with E-state index in [1.54, 1.807) is 7.05 Å². The van der Waals surface area contributed by atoms with Crippen molar-refractivity contribution in [3.8, 4) is 0 Å². The van der Waals surface area contributed by atoms with Crippen LogP contribution in [0.5, 0.6) is 0 Å². The summed E-state index contributed by atoms with van der Waals surface area (Å²) in [6.07, 6.45) is 0. The quantitative estimate of drug-likeness (QED) is 0.534. The summed E-state index contributed by atoms with van der Waals surface area (Å²) in [5, 5.41) is 9.27. The van der Waals surface area contributed by atoms with Crippen molar-refractivity contribution in [1.29, 1.82) is 0 Å². The van der Waals surface area contributed by atoms with Crippen LogP contribution >= 0.6 is 0 Å². The average molecular weight is 379 g/mol. The van der Waals surface area contributed by atoms with Crippen LogP contribution in [0.1, 0.15) is 31.3 Å². The molecule has 0 saturated carbocycles.